The number of carbonyl (C=O) groups is 1. The topological polar surface area (TPSA) is 37.3 Å². The molecule has 0 spiro atoms. The zero-order valence-corrected chi connectivity index (χ0v) is 13.7. The number of hydrogen-bond acceptors (Lipinski definition) is 1. The Kier molecular flexibility index (Phi) is 11.5. The number of carboxylic acid groups (broad SMARTS) is 1. The molecule has 118 valence electrons. The standard InChI is InChI=1S/C17H33NO2/c1-18(2,3)16-14-12-10-8-6-4-5-7-9-11-13-15-17(19)20/h6,8H,4-5,7,9-16H2,1-3H3/p+1/b8-6+. The van der Waals surface area contributed by atoms with Crippen molar-refractivity contribution in [3.05, 3.63) is 12.2 Å². The summed E-state index contributed by atoms with van der Waals surface area (Å²) in [6.07, 6.45) is 15.5. The van der Waals surface area contributed by atoms with Gasteiger partial charge in [0.25, 0.3) is 0 Å². The molecule has 1 N–H and O–H groups in total. The van der Waals surface area contributed by atoms with Gasteiger partial charge >= 0.3 is 5.97 Å². The van der Waals surface area contributed by atoms with E-state index in [4.69, 9.17) is 5.11 Å². The third-order valence-electron chi connectivity index (χ3n) is 3.38. The molecular weight excluding hydrogens is 250 g/mol. The Labute approximate surface area is 125 Å². The van der Waals surface area contributed by atoms with Gasteiger partial charge in [0.2, 0.25) is 0 Å². The second kappa shape index (κ2) is 12.0. The summed E-state index contributed by atoms with van der Waals surface area (Å²) in [5, 5.41) is 8.51. The van der Waals surface area contributed by atoms with Crippen molar-refractivity contribution in [2.45, 2.75) is 64.2 Å². The van der Waals surface area contributed by atoms with E-state index in [0.29, 0.717) is 6.42 Å². The Bertz CT molecular complexity index is 267. The fraction of sp³-hybridized carbons (Fsp3) is 0.824. The summed E-state index contributed by atoms with van der Waals surface area (Å²) in [6, 6.07) is 0. The minimum absolute atomic E-state index is 0.327. The first-order valence-corrected chi connectivity index (χ1v) is 8.09. The van der Waals surface area contributed by atoms with E-state index in [1.165, 1.54) is 51.5 Å². The molecule has 0 radical (unpaired) electrons. The second-order valence-electron chi connectivity index (χ2n) is 6.68. The van der Waals surface area contributed by atoms with E-state index in [0.717, 1.165) is 17.3 Å². The predicted octanol–water partition coefficient (Wildman–Crippen LogP) is 4.23. The summed E-state index contributed by atoms with van der Waals surface area (Å²) in [7, 11) is 6.73. The van der Waals surface area contributed by atoms with Crippen LogP contribution in [0.1, 0.15) is 64.2 Å². The molecule has 0 aromatic heterocycles. The quantitative estimate of drug-likeness (QED) is 0.312. The molecule has 0 bridgehead atoms. The maximum absolute atomic E-state index is 10.3. The van der Waals surface area contributed by atoms with Crippen LogP contribution in [0.2, 0.25) is 0 Å². The van der Waals surface area contributed by atoms with Gasteiger partial charge in [-0.1, -0.05) is 31.4 Å². The van der Waals surface area contributed by atoms with Crippen LogP contribution in [0.15, 0.2) is 12.2 Å². The first-order valence-electron chi connectivity index (χ1n) is 8.09. The van der Waals surface area contributed by atoms with Crippen LogP contribution in [-0.2, 0) is 4.79 Å². The zero-order chi connectivity index (χ0) is 15.3. The lowest BCUT2D eigenvalue weighted by Crippen LogP contribution is -2.35. The van der Waals surface area contributed by atoms with Crippen LogP contribution < -0.4 is 0 Å². The smallest absolute Gasteiger partial charge is 0.303 e. The van der Waals surface area contributed by atoms with Gasteiger partial charge in [0.15, 0.2) is 0 Å². The molecule has 0 atom stereocenters. The van der Waals surface area contributed by atoms with E-state index in [-0.39, 0.29) is 0 Å². The third-order valence-corrected chi connectivity index (χ3v) is 3.38. The highest BCUT2D eigenvalue weighted by Crippen LogP contribution is 2.08. The molecule has 0 fully saturated rings. The number of rotatable bonds is 13. The lowest BCUT2D eigenvalue weighted by atomic mass is 10.1. The zero-order valence-electron chi connectivity index (χ0n) is 13.7. The van der Waals surface area contributed by atoms with Gasteiger partial charge in [-0.2, -0.15) is 0 Å². The summed E-state index contributed by atoms with van der Waals surface area (Å²) in [6.45, 7) is 1.25. The molecule has 0 rings (SSSR count). The van der Waals surface area contributed by atoms with E-state index >= 15 is 0 Å². The number of aliphatic carboxylic acids is 1. The molecule has 0 saturated carbocycles. The van der Waals surface area contributed by atoms with E-state index in [9.17, 15) is 4.79 Å². The molecule has 3 nitrogen and oxygen atoms in total. The summed E-state index contributed by atoms with van der Waals surface area (Å²) >= 11 is 0. The van der Waals surface area contributed by atoms with Crippen LogP contribution in [-0.4, -0.2) is 43.2 Å². The van der Waals surface area contributed by atoms with Crippen LogP contribution in [0.25, 0.3) is 0 Å². The largest absolute Gasteiger partial charge is 0.481 e. The monoisotopic (exact) mass is 284 g/mol. The fourth-order valence-corrected chi connectivity index (χ4v) is 2.15. The van der Waals surface area contributed by atoms with Crippen molar-refractivity contribution in [1.29, 1.82) is 0 Å². The Hall–Kier alpha value is -0.830. The number of carboxylic acids is 1. The molecule has 0 aliphatic carbocycles. The predicted molar refractivity (Wildman–Crippen MR) is 85.8 cm³/mol. The van der Waals surface area contributed by atoms with Gasteiger partial charge in [0.1, 0.15) is 0 Å². The van der Waals surface area contributed by atoms with Gasteiger partial charge in [-0.3, -0.25) is 4.79 Å². The number of hydrogen-bond donors (Lipinski definition) is 1. The minimum Gasteiger partial charge on any atom is -0.481 e. The molecule has 0 aromatic carbocycles. The van der Waals surface area contributed by atoms with Gasteiger partial charge in [0, 0.05) is 6.42 Å². The van der Waals surface area contributed by atoms with E-state index < -0.39 is 5.97 Å². The van der Waals surface area contributed by atoms with Gasteiger partial charge in [-0.25, -0.2) is 0 Å². The molecule has 0 heterocycles. The molecule has 0 unspecified atom stereocenters. The molecule has 0 saturated heterocycles. The molecule has 3 heteroatoms. The van der Waals surface area contributed by atoms with Gasteiger partial charge in [-0.15, -0.1) is 0 Å². The van der Waals surface area contributed by atoms with Crippen LogP contribution in [0.5, 0.6) is 0 Å². The summed E-state index contributed by atoms with van der Waals surface area (Å²) in [5.74, 6) is -0.668. The number of unbranched alkanes of at least 4 members (excludes halogenated alkanes) is 7. The van der Waals surface area contributed by atoms with Crippen LogP contribution in [0.4, 0.5) is 0 Å². The number of nitrogens with zero attached hydrogens (tertiary/aromatic N) is 1. The van der Waals surface area contributed by atoms with Crippen molar-refractivity contribution in [1.82, 2.24) is 0 Å². The van der Waals surface area contributed by atoms with E-state index in [2.05, 4.69) is 33.3 Å². The number of quaternary nitrogens is 1. The maximum atomic E-state index is 10.3. The van der Waals surface area contributed by atoms with Crippen LogP contribution in [0, 0.1) is 0 Å². The van der Waals surface area contributed by atoms with Gasteiger partial charge in [-0.05, 0) is 38.5 Å². The Morgan fingerprint density at radius 1 is 0.850 bits per heavy atom. The van der Waals surface area contributed by atoms with E-state index in [1.807, 2.05) is 0 Å². The summed E-state index contributed by atoms with van der Waals surface area (Å²) < 4.78 is 1.06. The van der Waals surface area contributed by atoms with Crippen LogP contribution in [0.3, 0.4) is 0 Å². The summed E-state index contributed by atoms with van der Waals surface area (Å²) in [5.41, 5.74) is 0. The third kappa shape index (κ3) is 17.2. The minimum atomic E-state index is -0.668. The lowest BCUT2D eigenvalue weighted by Gasteiger charge is -2.23. The van der Waals surface area contributed by atoms with Crippen molar-refractivity contribution in [3.8, 4) is 0 Å². The molecule has 0 aromatic rings. The van der Waals surface area contributed by atoms with Gasteiger partial charge in [0.05, 0.1) is 27.7 Å². The average molecular weight is 284 g/mol. The second-order valence-corrected chi connectivity index (χ2v) is 6.68. The Balaban J connectivity index is 3.18. The highest BCUT2D eigenvalue weighted by Gasteiger charge is 2.04. The highest BCUT2D eigenvalue weighted by atomic mass is 16.4. The van der Waals surface area contributed by atoms with Crippen molar-refractivity contribution in [3.63, 3.8) is 0 Å². The molecule has 0 aliphatic rings. The van der Waals surface area contributed by atoms with Crippen molar-refractivity contribution < 1.29 is 14.4 Å². The summed E-state index contributed by atoms with van der Waals surface area (Å²) in [4.78, 5) is 10.3. The lowest BCUT2D eigenvalue weighted by molar-refractivity contribution is -0.870. The average Bonchev–Trinajstić information content (AvgIpc) is 2.33. The van der Waals surface area contributed by atoms with Crippen molar-refractivity contribution >= 4 is 5.97 Å². The molecule has 20 heavy (non-hydrogen) atoms. The maximum Gasteiger partial charge on any atom is 0.303 e. The van der Waals surface area contributed by atoms with E-state index in [1.54, 1.807) is 0 Å². The number of allylic oxidation sites excluding steroid dienone is 2. The van der Waals surface area contributed by atoms with Crippen molar-refractivity contribution in [2.24, 2.45) is 0 Å². The molecule has 0 aliphatic heterocycles. The Morgan fingerprint density at radius 3 is 1.90 bits per heavy atom. The molecule has 0 amide bonds. The SMILES string of the molecule is C[N+](C)(C)CCCC/C=C/CCCCCCCC(=O)O. The van der Waals surface area contributed by atoms with Gasteiger partial charge < -0.3 is 9.59 Å². The molecular formula is C17H34NO2+. The normalized spacial score (nSPS) is 12.2. The first kappa shape index (κ1) is 19.2. The fourth-order valence-electron chi connectivity index (χ4n) is 2.15. The van der Waals surface area contributed by atoms with Crippen LogP contribution >= 0.6 is 0 Å². The first-order chi connectivity index (χ1) is 9.42. The highest BCUT2D eigenvalue weighted by molar-refractivity contribution is 5.66. The van der Waals surface area contributed by atoms with Crippen molar-refractivity contribution in [2.75, 3.05) is 27.7 Å². The Morgan fingerprint density at radius 2 is 1.35 bits per heavy atom.